The molecule has 3 rings (SSSR count). The summed E-state index contributed by atoms with van der Waals surface area (Å²) in [6.45, 7) is -0.0210. The molecule has 0 saturated carbocycles. The van der Waals surface area contributed by atoms with Crippen molar-refractivity contribution in [1.29, 1.82) is 0 Å². The quantitative estimate of drug-likeness (QED) is 0.528. The van der Waals surface area contributed by atoms with Crippen molar-refractivity contribution >= 4 is 27.5 Å². The highest BCUT2D eigenvalue weighted by Crippen LogP contribution is 2.20. The third-order valence-electron chi connectivity index (χ3n) is 4.60. The van der Waals surface area contributed by atoms with Gasteiger partial charge in [0.1, 0.15) is 5.75 Å². The summed E-state index contributed by atoms with van der Waals surface area (Å²) in [5, 5.41) is 3.27. The minimum atomic E-state index is -3.89. The molecule has 0 spiro atoms. The van der Waals surface area contributed by atoms with E-state index in [1.54, 1.807) is 61.7 Å². The topological polar surface area (TPSA) is 75.7 Å². The Morgan fingerprint density at radius 2 is 1.68 bits per heavy atom. The van der Waals surface area contributed by atoms with Crippen LogP contribution in [0.4, 0.5) is 0 Å². The lowest BCUT2D eigenvalue weighted by Gasteiger charge is -2.22. The van der Waals surface area contributed by atoms with E-state index in [1.807, 2.05) is 12.1 Å². The molecule has 0 unspecified atom stereocenters. The van der Waals surface area contributed by atoms with Gasteiger partial charge in [0.05, 0.1) is 18.6 Å². The standard InChI is InChI=1S/C23H23ClN2O4S/c1-30-21-12-10-18(11-13-21)15-25-23(27)17-26(16-19-6-5-7-20(24)14-19)31(28,29)22-8-3-2-4-9-22/h2-14H,15-17H2,1H3,(H,25,27). The summed E-state index contributed by atoms with van der Waals surface area (Å²) < 4.78 is 32.7. The lowest BCUT2D eigenvalue weighted by atomic mass is 10.2. The van der Waals surface area contributed by atoms with Gasteiger partial charge in [0, 0.05) is 18.1 Å². The molecule has 0 atom stereocenters. The first kappa shape index (κ1) is 22.8. The van der Waals surface area contributed by atoms with Gasteiger partial charge in [0.15, 0.2) is 0 Å². The molecule has 0 aliphatic rings. The Balaban J connectivity index is 1.76. The maximum atomic E-state index is 13.2. The van der Waals surface area contributed by atoms with Crippen LogP contribution in [-0.4, -0.2) is 32.3 Å². The van der Waals surface area contributed by atoms with Crippen LogP contribution in [0.2, 0.25) is 5.02 Å². The number of carbonyl (C=O) groups excluding carboxylic acids is 1. The molecule has 0 aromatic heterocycles. The van der Waals surface area contributed by atoms with Crippen molar-refractivity contribution < 1.29 is 17.9 Å². The first-order valence-corrected chi connectivity index (χ1v) is 11.4. The van der Waals surface area contributed by atoms with Gasteiger partial charge in [-0.1, -0.05) is 54.1 Å². The van der Waals surface area contributed by atoms with Crippen molar-refractivity contribution in [2.75, 3.05) is 13.7 Å². The number of nitrogens with zero attached hydrogens (tertiary/aromatic N) is 1. The number of amides is 1. The number of rotatable bonds is 9. The van der Waals surface area contributed by atoms with E-state index in [0.29, 0.717) is 10.6 Å². The third kappa shape index (κ3) is 6.30. The minimum Gasteiger partial charge on any atom is -0.497 e. The van der Waals surface area contributed by atoms with Gasteiger partial charge in [0.2, 0.25) is 15.9 Å². The van der Waals surface area contributed by atoms with Crippen molar-refractivity contribution in [1.82, 2.24) is 9.62 Å². The second kappa shape index (κ2) is 10.4. The maximum absolute atomic E-state index is 13.2. The first-order chi connectivity index (χ1) is 14.9. The zero-order valence-corrected chi connectivity index (χ0v) is 18.6. The van der Waals surface area contributed by atoms with E-state index in [2.05, 4.69) is 5.32 Å². The van der Waals surface area contributed by atoms with Gasteiger partial charge < -0.3 is 10.1 Å². The Hall–Kier alpha value is -2.87. The summed E-state index contributed by atoms with van der Waals surface area (Å²) in [5.74, 6) is 0.314. The van der Waals surface area contributed by atoms with Crippen LogP contribution in [0.15, 0.2) is 83.8 Å². The van der Waals surface area contributed by atoms with Crippen molar-refractivity contribution in [3.8, 4) is 5.75 Å². The molecule has 6 nitrogen and oxygen atoms in total. The minimum absolute atomic E-state index is 0.0216. The van der Waals surface area contributed by atoms with E-state index >= 15 is 0 Å². The molecular formula is C23H23ClN2O4S. The summed E-state index contributed by atoms with van der Waals surface area (Å²) in [5.41, 5.74) is 1.57. The molecule has 0 bridgehead atoms. The van der Waals surface area contributed by atoms with Gasteiger partial charge >= 0.3 is 0 Å². The molecule has 0 saturated heterocycles. The van der Waals surface area contributed by atoms with E-state index in [1.165, 1.54) is 12.1 Å². The zero-order chi connectivity index (χ0) is 22.3. The number of methoxy groups -OCH3 is 1. The van der Waals surface area contributed by atoms with E-state index in [4.69, 9.17) is 16.3 Å². The average molecular weight is 459 g/mol. The summed E-state index contributed by atoms with van der Waals surface area (Å²) in [7, 11) is -2.30. The van der Waals surface area contributed by atoms with Crippen LogP contribution < -0.4 is 10.1 Å². The molecule has 8 heteroatoms. The number of nitrogens with one attached hydrogen (secondary N) is 1. The monoisotopic (exact) mass is 458 g/mol. The Labute approximate surface area is 187 Å². The Morgan fingerprint density at radius 1 is 0.968 bits per heavy atom. The number of halogens is 1. The largest absolute Gasteiger partial charge is 0.497 e. The number of carbonyl (C=O) groups is 1. The maximum Gasteiger partial charge on any atom is 0.243 e. The summed E-state index contributed by atoms with van der Waals surface area (Å²) in [4.78, 5) is 12.7. The van der Waals surface area contributed by atoms with Gasteiger partial charge in [-0.2, -0.15) is 4.31 Å². The lowest BCUT2D eigenvalue weighted by Crippen LogP contribution is -2.40. The van der Waals surface area contributed by atoms with Crippen molar-refractivity contribution in [2.24, 2.45) is 0 Å². The molecule has 0 aliphatic heterocycles. The molecule has 0 fully saturated rings. The normalized spacial score (nSPS) is 11.3. The molecule has 0 radical (unpaired) electrons. The predicted octanol–water partition coefficient (Wildman–Crippen LogP) is 3.86. The summed E-state index contributed by atoms with van der Waals surface area (Å²) in [6.07, 6.45) is 0. The molecule has 31 heavy (non-hydrogen) atoms. The van der Waals surface area contributed by atoms with Crippen LogP contribution in [0.1, 0.15) is 11.1 Å². The van der Waals surface area contributed by atoms with Crippen molar-refractivity contribution in [3.63, 3.8) is 0 Å². The molecule has 1 N–H and O–H groups in total. The molecule has 0 heterocycles. The molecule has 1 amide bonds. The van der Waals surface area contributed by atoms with E-state index < -0.39 is 15.9 Å². The number of hydrogen-bond acceptors (Lipinski definition) is 4. The third-order valence-corrected chi connectivity index (χ3v) is 6.64. The van der Waals surface area contributed by atoms with Crippen LogP contribution in [0, 0.1) is 0 Å². The van der Waals surface area contributed by atoms with E-state index in [0.717, 1.165) is 15.6 Å². The fourth-order valence-electron chi connectivity index (χ4n) is 2.97. The van der Waals surface area contributed by atoms with Gasteiger partial charge in [-0.25, -0.2) is 8.42 Å². The van der Waals surface area contributed by atoms with Gasteiger partial charge in [0.25, 0.3) is 0 Å². The van der Waals surface area contributed by atoms with Crippen LogP contribution in [0.25, 0.3) is 0 Å². The predicted molar refractivity (Wildman–Crippen MR) is 120 cm³/mol. The zero-order valence-electron chi connectivity index (χ0n) is 17.0. The molecule has 162 valence electrons. The van der Waals surface area contributed by atoms with Gasteiger partial charge in [-0.15, -0.1) is 0 Å². The summed E-state index contributed by atoms with van der Waals surface area (Å²) >= 11 is 6.05. The fraction of sp³-hybridized carbons (Fsp3) is 0.174. The van der Waals surface area contributed by atoms with Crippen LogP contribution in [0.5, 0.6) is 5.75 Å². The Bertz CT molecular complexity index is 1120. The molecule has 3 aromatic carbocycles. The van der Waals surface area contributed by atoms with Gasteiger partial charge in [-0.3, -0.25) is 4.79 Å². The highest BCUT2D eigenvalue weighted by molar-refractivity contribution is 7.89. The second-order valence-electron chi connectivity index (χ2n) is 6.84. The molecule has 3 aromatic rings. The SMILES string of the molecule is COc1ccc(CNC(=O)CN(Cc2cccc(Cl)c2)S(=O)(=O)c2ccccc2)cc1. The van der Waals surface area contributed by atoms with Crippen LogP contribution in [-0.2, 0) is 27.9 Å². The van der Waals surface area contributed by atoms with E-state index in [9.17, 15) is 13.2 Å². The fourth-order valence-corrected chi connectivity index (χ4v) is 4.58. The van der Waals surface area contributed by atoms with Crippen LogP contribution in [0.3, 0.4) is 0 Å². The first-order valence-electron chi connectivity index (χ1n) is 9.58. The number of benzene rings is 3. The average Bonchev–Trinajstić information content (AvgIpc) is 2.78. The smallest absolute Gasteiger partial charge is 0.243 e. The second-order valence-corrected chi connectivity index (χ2v) is 9.22. The summed E-state index contributed by atoms with van der Waals surface area (Å²) in [6, 6.07) is 22.2. The lowest BCUT2D eigenvalue weighted by molar-refractivity contribution is -0.121. The van der Waals surface area contributed by atoms with E-state index in [-0.39, 0.29) is 24.5 Å². The highest BCUT2D eigenvalue weighted by Gasteiger charge is 2.26. The van der Waals surface area contributed by atoms with Gasteiger partial charge in [-0.05, 0) is 47.5 Å². The highest BCUT2D eigenvalue weighted by atomic mass is 35.5. The number of hydrogen-bond donors (Lipinski definition) is 1. The Morgan fingerprint density at radius 3 is 2.32 bits per heavy atom. The van der Waals surface area contributed by atoms with Crippen LogP contribution >= 0.6 is 11.6 Å². The molecule has 0 aliphatic carbocycles. The Kier molecular flexibility index (Phi) is 7.68. The van der Waals surface area contributed by atoms with Crippen molar-refractivity contribution in [3.05, 3.63) is 95.0 Å². The number of sulfonamides is 1. The number of ether oxygens (including phenoxy) is 1. The molecular weight excluding hydrogens is 436 g/mol. The van der Waals surface area contributed by atoms with Crippen molar-refractivity contribution in [2.45, 2.75) is 18.0 Å².